The van der Waals surface area contributed by atoms with E-state index in [0.29, 0.717) is 6.54 Å². The normalized spacial score (nSPS) is 16.8. The lowest BCUT2D eigenvalue weighted by molar-refractivity contribution is -0.136. The third-order valence-electron chi connectivity index (χ3n) is 3.58. The standard InChI is InChI=1S/C14H19BrN2O.ClH/c1-17(10-11-5-4-6-12(15)9-11)13(18)14(16)7-2-3-8-14;/h4-6,9H,2-3,7-8,10,16H2,1H3;1H. The molecule has 3 nitrogen and oxygen atoms in total. The van der Waals surface area contributed by atoms with Crippen LogP contribution < -0.4 is 5.73 Å². The summed E-state index contributed by atoms with van der Waals surface area (Å²) in [6.07, 6.45) is 3.75. The summed E-state index contributed by atoms with van der Waals surface area (Å²) in [5, 5.41) is 0. The van der Waals surface area contributed by atoms with E-state index in [0.717, 1.165) is 35.7 Å². The lowest BCUT2D eigenvalue weighted by Crippen LogP contribution is -2.52. The van der Waals surface area contributed by atoms with Crippen LogP contribution in [-0.2, 0) is 11.3 Å². The summed E-state index contributed by atoms with van der Waals surface area (Å²) >= 11 is 3.44. The molecule has 1 aliphatic rings. The molecule has 2 N–H and O–H groups in total. The van der Waals surface area contributed by atoms with Crippen LogP contribution in [0, 0.1) is 0 Å². The summed E-state index contributed by atoms with van der Waals surface area (Å²) in [5.74, 6) is 0.0694. The van der Waals surface area contributed by atoms with Gasteiger partial charge in [-0.05, 0) is 30.5 Å². The maximum absolute atomic E-state index is 12.3. The summed E-state index contributed by atoms with van der Waals surface area (Å²) in [6, 6.07) is 8.01. The molecule has 19 heavy (non-hydrogen) atoms. The molecule has 1 fully saturated rings. The van der Waals surface area contributed by atoms with Crippen LogP contribution in [0.25, 0.3) is 0 Å². The molecule has 0 heterocycles. The monoisotopic (exact) mass is 346 g/mol. The predicted octanol–water partition coefficient (Wildman–Crippen LogP) is 3.10. The molecule has 0 spiro atoms. The third-order valence-corrected chi connectivity index (χ3v) is 4.07. The van der Waals surface area contributed by atoms with Gasteiger partial charge in [0, 0.05) is 18.1 Å². The number of carbonyl (C=O) groups excluding carboxylic acids is 1. The van der Waals surface area contributed by atoms with Crippen molar-refractivity contribution in [1.29, 1.82) is 0 Å². The SMILES string of the molecule is CN(Cc1cccc(Br)c1)C(=O)C1(N)CCCC1.Cl. The average Bonchev–Trinajstić information content (AvgIpc) is 2.76. The van der Waals surface area contributed by atoms with Crippen molar-refractivity contribution in [2.45, 2.75) is 37.8 Å². The molecule has 0 radical (unpaired) electrons. The lowest BCUT2D eigenvalue weighted by Gasteiger charge is -2.28. The molecule has 0 aromatic heterocycles. The van der Waals surface area contributed by atoms with Gasteiger partial charge in [0.2, 0.25) is 5.91 Å². The van der Waals surface area contributed by atoms with Crippen LogP contribution in [0.2, 0.25) is 0 Å². The molecule has 1 aromatic rings. The molecule has 2 rings (SSSR count). The summed E-state index contributed by atoms with van der Waals surface area (Å²) < 4.78 is 1.03. The van der Waals surface area contributed by atoms with E-state index in [4.69, 9.17) is 5.73 Å². The quantitative estimate of drug-likeness (QED) is 0.913. The van der Waals surface area contributed by atoms with E-state index >= 15 is 0 Å². The van der Waals surface area contributed by atoms with Crippen molar-refractivity contribution in [3.8, 4) is 0 Å². The Morgan fingerprint density at radius 2 is 2.05 bits per heavy atom. The number of carbonyl (C=O) groups is 1. The fourth-order valence-electron chi connectivity index (χ4n) is 2.58. The number of amides is 1. The van der Waals surface area contributed by atoms with E-state index in [2.05, 4.69) is 15.9 Å². The highest BCUT2D eigenvalue weighted by molar-refractivity contribution is 9.10. The number of nitrogens with zero attached hydrogens (tertiary/aromatic N) is 1. The number of rotatable bonds is 3. The molecule has 0 bridgehead atoms. The van der Waals surface area contributed by atoms with E-state index < -0.39 is 5.54 Å². The molecule has 1 aliphatic carbocycles. The number of halogens is 2. The lowest BCUT2D eigenvalue weighted by atomic mass is 9.97. The first-order valence-electron chi connectivity index (χ1n) is 6.30. The minimum absolute atomic E-state index is 0. The molecule has 0 saturated heterocycles. The molecular formula is C14H20BrClN2O. The zero-order valence-corrected chi connectivity index (χ0v) is 13.5. The molecule has 0 unspecified atom stereocenters. The van der Waals surface area contributed by atoms with Crippen molar-refractivity contribution in [1.82, 2.24) is 4.90 Å². The second-order valence-corrected chi connectivity index (χ2v) is 6.07. The van der Waals surface area contributed by atoms with Crippen molar-refractivity contribution < 1.29 is 4.79 Å². The minimum atomic E-state index is -0.624. The Balaban J connectivity index is 0.00000180. The van der Waals surface area contributed by atoms with Gasteiger partial charge in [0.15, 0.2) is 0 Å². The van der Waals surface area contributed by atoms with Crippen molar-refractivity contribution in [3.63, 3.8) is 0 Å². The highest BCUT2D eigenvalue weighted by Crippen LogP contribution is 2.29. The Morgan fingerprint density at radius 1 is 1.42 bits per heavy atom. The average molecular weight is 348 g/mol. The maximum atomic E-state index is 12.3. The van der Waals surface area contributed by atoms with Gasteiger partial charge in [-0.15, -0.1) is 12.4 Å². The Labute approximate surface area is 129 Å². The zero-order valence-electron chi connectivity index (χ0n) is 11.1. The van der Waals surface area contributed by atoms with Crippen molar-refractivity contribution in [3.05, 3.63) is 34.3 Å². The number of likely N-dealkylation sites (N-methyl/N-ethyl adjacent to an activating group) is 1. The smallest absolute Gasteiger partial charge is 0.242 e. The van der Waals surface area contributed by atoms with Crippen LogP contribution in [0.1, 0.15) is 31.2 Å². The maximum Gasteiger partial charge on any atom is 0.242 e. The van der Waals surface area contributed by atoms with Gasteiger partial charge in [0.1, 0.15) is 0 Å². The second kappa shape index (κ2) is 6.73. The van der Waals surface area contributed by atoms with Gasteiger partial charge in [-0.3, -0.25) is 4.79 Å². The highest BCUT2D eigenvalue weighted by atomic mass is 79.9. The molecule has 0 atom stereocenters. The molecule has 106 valence electrons. The first-order chi connectivity index (χ1) is 8.51. The van der Waals surface area contributed by atoms with Crippen LogP contribution in [0.3, 0.4) is 0 Å². The van der Waals surface area contributed by atoms with E-state index in [-0.39, 0.29) is 18.3 Å². The van der Waals surface area contributed by atoms with Crippen molar-refractivity contribution in [2.24, 2.45) is 5.73 Å². The molecular weight excluding hydrogens is 328 g/mol. The van der Waals surface area contributed by atoms with E-state index in [1.165, 1.54) is 0 Å². The number of hydrogen-bond acceptors (Lipinski definition) is 2. The van der Waals surface area contributed by atoms with Crippen LogP contribution in [-0.4, -0.2) is 23.4 Å². The van der Waals surface area contributed by atoms with Gasteiger partial charge < -0.3 is 10.6 Å². The number of nitrogens with two attached hydrogens (primary N) is 1. The van der Waals surface area contributed by atoms with Gasteiger partial charge in [-0.25, -0.2) is 0 Å². The summed E-state index contributed by atoms with van der Waals surface area (Å²) in [5.41, 5.74) is 6.68. The van der Waals surface area contributed by atoms with Crippen LogP contribution in [0.15, 0.2) is 28.7 Å². The van der Waals surface area contributed by atoms with E-state index in [1.54, 1.807) is 4.90 Å². The third kappa shape index (κ3) is 3.94. The second-order valence-electron chi connectivity index (χ2n) is 5.15. The Morgan fingerprint density at radius 3 is 2.63 bits per heavy atom. The largest absolute Gasteiger partial charge is 0.340 e. The summed E-state index contributed by atoms with van der Waals surface area (Å²) in [6.45, 7) is 0.608. The fraction of sp³-hybridized carbons (Fsp3) is 0.500. The first-order valence-corrected chi connectivity index (χ1v) is 7.09. The minimum Gasteiger partial charge on any atom is -0.340 e. The topological polar surface area (TPSA) is 46.3 Å². The van der Waals surface area contributed by atoms with Crippen LogP contribution >= 0.6 is 28.3 Å². The van der Waals surface area contributed by atoms with Crippen LogP contribution in [0.5, 0.6) is 0 Å². The van der Waals surface area contributed by atoms with Crippen molar-refractivity contribution in [2.75, 3.05) is 7.05 Å². The van der Waals surface area contributed by atoms with Gasteiger partial charge in [-0.2, -0.15) is 0 Å². The Hall–Kier alpha value is -0.580. The highest BCUT2D eigenvalue weighted by Gasteiger charge is 2.38. The van der Waals surface area contributed by atoms with Crippen molar-refractivity contribution >= 4 is 34.2 Å². The van der Waals surface area contributed by atoms with Gasteiger partial charge in [0.25, 0.3) is 0 Å². The predicted molar refractivity (Wildman–Crippen MR) is 83.3 cm³/mol. The fourth-order valence-corrected chi connectivity index (χ4v) is 3.03. The molecule has 5 heteroatoms. The Bertz CT molecular complexity index is 447. The van der Waals surface area contributed by atoms with Gasteiger partial charge >= 0.3 is 0 Å². The first kappa shape index (κ1) is 16.5. The number of benzene rings is 1. The van der Waals surface area contributed by atoms with E-state index in [1.807, 2.05) is 31.3 Å². The van der Waals surface area contributed by atoms with E-state index in [9.17, 15) is 4.79 Å². The summed E-state index contributed by atoms with van der Waals surface area (Å²) in [4.78, 5) is 14.1. The molecule has 1 saturated carbocycles. The summed E-state index contributed by atoms with van der Waals surface area (Å²) in [7, 11) is 1.83. The molecule has 1 amide bonds. The number of hydrogen-bond donors (Lipinski definition) is 1. The van der Waals surface area contributed by atoms with Crippen LogP contribution in [0.4, 0.5) is 0 Å². The Kier molecular flexibility index (Phi) is 5.83. The van der Waals surface area contributed by atoms with Gasteiger partial charge in [-0.1, -0.05) is 40.9 Å². The molecule has 1 aromatic carbocycles. The zero-order chi connectivity index (χ0) is 13.2. The van der Waals surface area contributed by atoms with Gasteiger partial charge in [0.05, 0.1) is 5.54 Å². The molecule has 0 aliphatic heterocycles.